The van der Waals surface area contributed by atoms with Gasteiger partial charge in [-0.25, -0.2) is 9.78 Å². The third-order valence-electron chi connectivity index (χ3n) is 3.48. The Morgan fingerprint density at radius 2 is 2.12 bits per heavy atom. The Hall–Kier alpha value is -2.94. The summed E-state index contributed by atoms with van der Waals surface area (Å²) in [6, 6.07) is 6.97. The second kappa shape index (κ2) is 7.96. The van der Waals surface area contributed by atoms with E-state index in [-0.39, 0.29) is 37.3 Å². The third kappa shape index (κ3) is 3.99. The molecule has 0 aliphatic carbocycles. The number of thiazole rings is 1. The van der Waals surface area contributed by atoms with E-state index in [1.807, 2.05) is 0 Å². The van der Waals surface area contributed by atoms with Crippen LogP contribution in [0.5, 0.6) is 5.75 Å². The molecule has 1 aliphatic heterocycles. The lowest BCUT2D eigenvalue weighted by molar-refractivity contribution is -0.144. The SMILES string of the molecule is CCOC(=O)c1nc(COC(=O)CN2C(=O)COc3ccccc32)cs1. The largest absolute Gasteiger partial charge is 0.482 e. The van der Waals surface area contributed by atoms with E-state index in [0.29, 0.717) is 17.1 Å². The normalized spacial score (nSPS) is 13.0. The number of hydrogen-bond donors (Lipinski definition) is 0. The lowest BCUT2D eigenvalue weighted by Crippen LogP contribution is -2.42. The number of amides is 1. The molecule has 2 aromatic rings. The number of anilines is 1. The molecule has 1 amide bonds. The van der Waals surface area contributed by atoms with Gasteiger partial charge in [0.2, 0.25) is 5.01 Å². The molecule has 1 aromatic heterocycles. The summed E-state index contributed by atoms with van der Waals surface area (Å²) in [7, 11) is 0. The highest BCUT2D eigenvalue weighted by atomic mass is 32.1. The fourth-order valence-electron chi connectivity index (χ4n) is 2.32. The van der Waals surface area contributed by atoms with Crippen molar-refractivity contribution in [2.24, 2.45) is 0 Å². The number of carbonyl (C=O) groups excluding carboxylic acids is 3. The number of rotatable bonds is 6. The van der Waals surface area contributed by atoms with E-state index >= 15 is 0 Å². The Balaban J connectivity index is 1.58. The Bertz CT molecular complexity index is 834. The van der Waals surface area contributed by atoms with E-state index in [9.17, 15) is 14.4 Å². The van der Waals surface area contributed by atoms with Crippen LogP contribution in [-0.4, -0.2) is 42.6 Å². The van der Waals surface area contributed by atoms with Crippen LogP contribution in [0.4, 0.5) is 5.69 Å². The minimum absolute atomic E-state index is 0.0884. The number of benzene rings is 1. The highest BCUT2D eigenvalue weighted by molar-refractivity contribution is 7.11. The first-order chi connectivity index (χ1) is 12.6. The van der Waals surface area contributed by atoms with Crippen LogP contribution in [0.15, 0.2) is 29.6 Å². The molecule has 0 N–H and O–H groups in total. The molecule has 0 atom stereocenters. The molecule has 9 heteroatoms. The second-order valence-corrected chi connectivity index (χ2v) is 6.12. The molecular formula is C17H16N2O6S. The molecule has 2 heterocycles. The molecule has 0 bridgehead atoms. The summed E-state index contributed by atoms with van der Waals surface area (Å²) in [5.74, 6) is -0.872. The molecule has 1 aliphatic rings. The lowest BCUT2D eigenvalue weighted by atomic mass is 10.2. The third-order valence-corrected chi connectivity index (χ3v) is 4.35. The molecule has 136 valence electrons. The van der Waals surface area contributed by atoms with Crippen molar-refractivity contribution in [2.45, 2.75) is 13.5 Å². The van der Waals surface area contributed by atoms with Crippen LogP contribution >= 0.6 is 11.3 Å². The van der Waals surface area contributed by atoms with Crippen LogP contribution in [0.25, 0.3) is 0 Å². The van der Waals surface area contributed by atoms with Crippen molar-refractivity contribution in [3.05, 3.63) is 40.3 Å². The van der Waals surface area contributed by atoms with Gasteiger partial charge in [-0.1, -0.05) is 12.1 Å². The molecular weight excluding hydrogens is 360 g/mol. The Kier molecular flexibility index (Phi) is 5.47. The number of aromatic nitrogens is 1. The van der Waals surface area contributed by atoms with Crippen LogP contribution < -0.4 is 9.64 Å². The summed E-state index contributed by atoms with van der Waals surface area (Å²) in [5, 5.41) is 1.82. The summed E-state index contributed by atoms with van der Waals surface area (Å²) in [6.45, 7) is 1.53. The standard InChI is InChI=1S/C17H16N2O6S/c1-2-23-17(22)16-18-11(10-26-16)8-25-15(21)7-19-12-5-3-4-6-13(12)24-9-14(19)20/h3-6,10H,2,7-9H2,1H3. The van der Waals surface area contributed by atoms with E-state index in [0.717, 1.165) is 11.3 Å². The molecule has 0 fully saturated rings. The van der Waals surface area contributed by atoms with Gasteiger partial charge in [0, 0.05) is 5.38 Å². The number of esters is 2. The summed E-state index contributed by atoms with van der Waals surface area (Å²) in [5.41, 5.74) is 0.971. The number of fused-ring (bicyclic) bond motifs is 1. The van der Waals surface area contributed by atoms with Gasteiger partial charge in [-0.2, -0.15) is 0 Å². The monoisotopic (exact) mass is 376 g/mol. The first kappa shape index (κ1) is 17.9. The van der Waals surface area contributed by atoms with Crippen LogP contribution in [-0.2, 0) is 25.7 Å². The maximum atomic E-state index is 12.1. The van der Waals surface area contributed by atoms with Gasteiger partial charge in [-0.05, 0) is 19.1 Å². The molecule has 0 saturated heterocycles. The quantitative estimate of drug-likeness (QED) is 0.709. The van der Waals surface area contributed by atoms with Gasteiger partial charge >= 0.3 is 11.9 Å². The van der Waals surface area contributed by atoms with Crippen molar-refractivity contribution in [3.63, 3.8) is 0 Å². The van der Waals surface area contributed by atoms with Gasteiger partial charge in [0.1, 0.15) is 18.9 Å². The van der Waals surface area contributed by atoms with E-state index in [4.69, 9.17) is 14.2 Å². The van der Waals surface area contributed by atoms with Crippen molar-refractivity contribution < 1.29 is 28.6 Å². The zero-order chi connectivity index (χ0) is 18.5. The highest BCUT2D eigenvalue weighted by Crippen LogP contribution is 2.31. The number of para-hydroxylation sites is 2. The van der Waals surface area contributed by atoms with E-state index in [2.05, 4.69) is 4.98 Å². The number of carbonyl (C=O) groups is 3. The average molecular weight is 376 g/mol. The fourth-order valence-corrected chi connectivity index (χ4v) is 3.01. The fraction of sp³-hybridized carbons (Fsp3) is 0.294. The zero-order valence-electron chi connectivity index (χ0n) is 14.0. The van der Waals surface area contributed by atoms with Gasteiger partial charge in [-0.15, -0.1) is 11.3 Å². The van der Waals surface area contributed by atoms with Crippen LogP contribution in [0, 0.1) is 0 Å². The average Bonchev–Trinajstić information content (AvgIpc) is 3.12. The van der Waals surface area contributed by atoms with Crippen molar-refractivity contribution in [2.75, 3.05) is 24.7 Å². The molecule has 0 saturated carbocycles. The molecule has 8 nitrogen and oxygen atoms in total. The second-order valence-electron chi connectivity index (χ2n) is 5.26. The molecule has 0 spiro atoms. The van der Waals surface area contributed by atoms with Gasteiger partial charge in [-0.3, -0.25) is 14.5 Å². The lowest BCUT2D eigenvalue weighted by Gasteiger charge is -2.28. The molecule has 0 unspecified atom stereocenters. The van der Waals surface area contributed by atoms with Crippen LogP contribution in [0.3, 0.4) is 0 Å². The Morgan fingerprint density at radius 1 is 1.31 bits per heavy atom. The highest BCUT2D eigenvalue weighted by Gasteiger charge is 2.27. The van der Waals surface area contributed by atoms with Crippen molar-refractivity contribution in [3.8, 4) is 5.75 Å². The maximum absolute atomic E-state index is 12.1. The van der Waals surface area contributed by atoms with Gasteiger partial charge in [0.05, 0.1) is 18.0 Å². The topological polar surface area (TPSA) is 95.0 Å². The Morgan fingerprint density at radius 3 is 2.92 bits per heavy atom. The van der Waals surface area contributed by atoms with Gasteiger partial charge < -0.3 is 14.2 Å². The van der Waals surface area contributed by atoms with E-state index in [1.54, 1.807) is 36.6 Å². The summed E-state index contributed by atoms with van der Waals surface area (Å²) >= 11 is 1.12. The summed E-state index contributed by atoms with van der Waals surface area (Å²) in [6.07, 6.45) is 0. The van der Waals surface area contributed by atoms with E-state index < -0.39 is 11.9 Å². The number of ether oxygens (including phenoxy) is 3. The van der Waals surface area contributed by atoms with Gasteiger partial charge in [0.15, 0.2) is 6.61 Å². The van der Waals surface area contributed by atoms with Crippen LogP contribution in [0.1, 0.15) is 22.4 Å². The molecule has 1 aromatic carbocycles. The van der Waals surface area contributed by atoms with Crippen molar-refractivity contribution in [1.82, 2.24) is 4.98 Å². The minimum atomic E-state index is -0.583. The predicted molar refractivity (Wildman–Crippen MR) is 92.2 cm³/mol. The van der Waals surface area contributed by atoms with E-state index in [1.165, 1.54) is 4.90 Å². The number of hydrogen-bond acceptors (Lipinski definition) is 8. The Labute approximate surface area is 153 Å². The summed E-state index contributed by atoms with van der Waals surface area (Å²) in [4.78, 5) is 41.1. The first-order valence-electron chi connectivity index (χ1n) is 7.88. The van der Waals surface area contributed by atoms with Crippen molar-refractivity contribution >= 4 is 34.9 Å². The minimum Gasteiger partial charge on any atom is -0.482 e. The molecule has 3 rings (SSSR count). The molecule has 0 radical (unpaired) electrons. The predicted octanol–water partition coefficient (Wildman–Crippen LogP) is 1.79. The molecule has 26 heavy (non-hydrogen) atoms. The smallest absolute Gasteiger partial charge is 0.367 e. The van der Waals surface area contributed by atoms with Crippen LogP contribution in [0.2, 0.25) is 0 Å². The van der Waals surface area contributed by atoms with Gasteiger partial charge in [0.25, 0.3) is 5.91 Å². The summed E-state index contributed by atoms with van der Waals surface area (Å²) < 4.78 is 15.3. The zero-order valence-corrected chi connectivity index (χ0v) is 14.8. The maximum Gasteiger partial charge on any atom is 0.367 e. The van der Waals surface area contributed by atoms with Crippen molar-refractivity contribution in [1.29, 1.82) is 0 Å². The number of nitrogens with zero attached hydrogens (tertiary/aromatic N) is 2. The first-order valence-corrected chi connectivity index (χ1v) is 8.75.